The Kier molecular flexibility index (Phi) is 11.9. The van der Waals surface area contributed by atoms with Crippen molar-refractivity contribution in [2.24, 2.45) is 17.4 Å². The smallest absolute Gasteiger partial charge is 0.326 e. The molecule has 0 aromatic rings. The number of nitrogens with two attached hydrogens (primary N) is 2. The van der Waals surface area contributed by atoms with Crippen LogP contribution in [0.15, 0.2) is 0 Å². The molecule has 0 aromatic carbocycles. The van der Waals surface area contributed by atoms with Crippen LogP contribution in [0.4, 0.5) is 0 Å². The predicted octanol–water partition coefficient (Wildman–Crippen LogP) is -3.37. The highest BCUT2D eigenvalue weighted by molar-refractivity contribution is 5.96. The van der Waals surface area contributed by atoms with Gasteiger partial charge in [0.25, 0.3) is 0 Å². The number of hydrogen-bond donors (Lipinski definition) is 8. The third-order valence-electron chi connectivity index (χ3n) is 4.65. The van der Waals surface area contributed by atoms with Crippen LogP contribution >= 0.6 is 0 Å². The van der Waals surface area contributed by atoms with Crippen LogP contribution in [0.1, 0.15) is 40.0 Å². The molecule has 0 fully saturated rings. The van der Waals surface area contributed by atoms with Gasteiger partial charge in [-0.15, -0.1) is 0 Å². The minimum atomic E-state index is -1.73. The summed E-state index contributed by atoms with van der Waals surface area (Å²) in [6, 6.07) is -6.02. The van der Waals surface area contributed by atoms with Crippen molar-refractivity contribution in [1.29, 1.82) is 0 Å². The first-order valence-electron chi connectivity index (χ1n) is 9.78. The molecule has 0 bridgehead atoms. The Bertz CT molecular complexity index is 728. The van der Waals surface area contributed by atoms with E-state index >= 15 is 0 Å². The molecule has 0 spiro atoms. The van der Waals surface area contributed by atoms with Gasteiger partial charge in [0.15, 0.2) is 0 Å². The summed E-state index contributed by atoms with van der Waals surface area (Å²) in [6.45, 7) is 4.60. The Balaban J connectivity index is 5.61. The number of carbonyl (C=O) groups excluding carboxylic acids is 4. The molecule has 0 saturated carbocycles. The molecule has 32 heavy (non-hydrogen) atoms. The maximum Gasteiger partial charge on any atom is 0.326 e. The zero-order valence-corrected chi connectivity index (χ0v) is 18.0. The lowest BCUT2D eigenvalue weighted by molar-refractivity contribution is -0.145. The summed E-state index contributed by atoms with van der Waals surface area (Å²) in [5.41, 5.74) is 10.5. The molecule has 0 aliphatic rings. The van der Waals surface area contributed by atoms with Crippen LogP contribution in [-0.4, -0.2) is 81.2 Å². The molecule has 182 valence electrons. The summed E-state index contributed by atoms with van der Waals surface area (Å²) in [6.07, 6.45) is -2.47. The van der Waals surface area contributed by atoms with E-state index in [1.165, 1.54) is 6.92 Å². The van der Waals surface area contributed by atoms with Gasteiger partial charge in [-0.3, -0.25) is 24.0 Å². The first-order valence-corrected chi connectivity index (χ1v) is 9.78. The van der Waals surface area contributed by atoms with Crippen LogP contribution in [0.3, 0.4) is 0 Å². The van der Waals surface area contributed by atoms with Crippen molar-refractivity contribution in [2.75, 3.05) is 0 Å². The average molecular weight is 461 g/mol. The van der Waals surface area contributed by atoms with Gasteiger partial charge in [0.1, 0.15) is 24.2 Å². The Morgan fingerprint density at radius 1 is 0.844 bits per heavy atom. The van der Waals surface area contributed by atoms with Crippen molar-refractivity contribution >= 4 is 35.6 Å². The second kappa shape index (κ2) is 13.2. The first kappa shape index (κ1) is 28.7. The molecule has 14 heteroatoms. The molecular weight excluding hydrogens is 430 g/mol. The van der Waals surface area contributed by atoms with E-state index in [-0.39, 0.29) is 0 Å². The molecule has 0 heterocycles. The molecule has 6 unspecified atom stereocenters. The Morgan fingerprint density at radius 3 is 1.78 bits per heavy atom. The van der Waals surface area contributed by atoms with Crippen molar-refractivity contribution in [3.05, 3.63) is 0 Å². The molecule has 0 aromatic heterocycles. The van der Waals surface area contributed by atoms with E-state index in [2.05, 4.69) is 10.6 Å². The minimum Gasteiger partial charge on any atom is -0.481 e. The van der Waals surface area contributed by atoms with Gasteiger partial charge in [-0.25, -0.2) is 4.79 Å². The second-order valence-corrected chi connectivity index (χ2v) is 7.37. The van der Waals surface area contributed by atoms with Crippen LogP contribution in [-0.2, 0) is 28.8 Å². The van der Waals surface area contributed by atoms with Crippen molar-refractivity contribution in [3.8, 4) is 0 Å². The SMILES string of the molecule is CCC(C)C(NC(=O)C(N)C(C)O)C(=O)NC(CC(=O)O)C(=O)NC(CC(N)=O)C(=O)O. The number of aliphatic hydroxyl groups is 1. The maximum atomic E-state index is 12.8. The highest BCUT2D eigenvalue weighted by atomic mass is 16.4. The fraction of sp³-hybridized carbons (Fsp3) is 0.667. The first-order chi connectivity index (χ1) is 14.7. The second-order valence-electron chi connectivity index (χ2n) is 7.37. The third-order valence-corrected chi connectivity index (χ3v) is 4.65. The molecule has 10 N–H and O–H groups in total. The number of rotatable bonds is 14. The van der Waals surface area contributed by atoms with Crippen LogP contribution in [0, 0.1) is 5.92 Å². The van der Waals surface area contributed by atoms with E-state index in [9.17, 15) is 33.9 Å². The lowest BCUT2D eigenvalue weighted by Crippen LogP contribution is -2.60. The molecule has 0 aliphatic carbocycles. The summed E-state index contributed by atoms with van der Waals surface area (Å²) < 4.78 is 0. The van der Waals surface area contributed by atoms with Crippen LogP contribution in [0.2, 0.25) is 0 Å². The number of amides is 4. The van der Waals surface area contributed by atoms with E-state index < -0.39 is 84.6 Å². The number of carbonyl (C=O) groups is 6. The van der Waals surface area contributed by atoms with Gasteiger partial charge in [-0.05, 0) is 12.8 Å². The van der Waals surface area contributed by atoms with E-state index in [1.54, 1.807) is 13.8 Å². The normalized spacial score (nSPS) is 16.4. The Morgan fingerprint density at radius 2 is 1.38 bits per heavy atom. The van der Waals surface area contributed by atoms with Gasteiger partial charge in [-0.2, -0.15) is 0 Å². The van der Waals surface area contributed by atoms with Gasteiger partial charge in [-0.1, -0.05) is 20.3 Å². The summed E-state index contributed by atoms with van der Waals surface area (Å²) in [5.74, 6) is -7.51. The number of nitrogens with one attached hydrogen (secondary N) is 3. The quantitative estimate of drug-likeness (QED) is 0.127. The average Bonchev–Trinajstić information content (AvgIpc) is 2.68. The number of carboxylic acids is 2. The van der Waals surface area contributed by atoms with Gasteiger partial charge in [0.2, 0.25) is 23.6 Å². The highest BCUT2D eigenvalue weighted by Gasteiger charge is 2.34. The molecule has 0 radical (unpaired) electrons. The zero-order chi connectivity index (χ0) is 25.2. The topological polar surface area (TPSA) is 251 Å². The molecule has 4 amide bonds. The Hall–Kier alpha value is -3.26. The number of hydrogen-bond acceptors (Lipinski definition) is 8. The molecule has 6 atom stereocenters. The summed E-state index contributed by atoms with van der Waals surface area (Å²) in [4.78, 5) is 70.8. The summed E-state index contributed by atoms with van der Waals surface area (Å²) >= 11 is 0. The molecular formula is C18H31N5O9. The van der Waals surface area contributed by atoms with Gasteiger partial charge in [0.05, 0.1) is 18.9 Å². The van der Waals surface area contributed by atoms with Gasteiger partial charge >= 0.3 is 11.9 Å². The monoisotopic (exact) mass is 461 g/mol. The minimum absolute atomic E-state index is 0.401. The van der Waals surface area contributed by atoms with Crippen LogP contribution < -0.4 is 27.4 Å². The summed E-state index contributed by atoms with van der Waals surface area (Å²) in [5, 5.41) is 34.1. The standard InChI is InChI=1S/C18H31N5O9/c1-4-7(2)14(23-16(29)13(20)8(3)24)17(30)21-9(6-12(26)27)15(28)22-10(18(31)32)5-11(19)25/h7-10,13-14,24H,4-6,20H2,1-3H3,(H2,19,25)(H,21,30)(H,22,28)(H,23,29)(H,26,27)(H,31,32). The van der Waals surface area contributed by atoms with E-state index in [0.29, 0.717) is 6.42 Å². The fourth-order valence-electron chi connectivity index (χ4n) is 2.49. The number of carboxylic acid groups (broad SMARTS) is 2. The van der Waals surface area contributed by atoms with Crippen LogP contribution in [0.5, 0.6) is 0 Å². The van der Waals surface area contributed by atoms with Crippen molar-refractivity contribution in [1.82, 2.24) is 16.0 Å². The summed E-state index contributed by atoms with van der Waals surface area (Å²) in [7, 11) is 0. The molecule has 0 aliphatic heterocycles. The van der Waals surface area contributed by atoms with E-state index in [1.807, 2.05) is 5.32 Å². The lowest BCUT2D eigenvalue weighted by atomic mass is 9.97. The lowest BCUT2D eigenvalue weighted by Gasteiger charge is -2.27. The third kappa shape index (κ3) is 9.70. The molecule has 14 nitrogen and oxygen atoms in total. The number of aliphatic hydroxyl groups excluding tert-OH is 1. The molecule has 0 rings (SSSR count). The van der Waals surface area contributed by atoms with Gasteiger partial charge in [0, 0.05) is 0 Å². The van der Waals surface area contributed by atoms with E-state index in [0.717, 1.165) is 0 Å². The largest absolute Gasteiger partial charge is 0.481 e. The number of primary amides is 1. The van der Waals surface area contributed by atoms with Gasteiger partial charge < -0.3 is 42.7 Å². The molecule has 0 saturated heterocycles. The zero-order valence-electron chi connectivity index (χ0n) is 18.0. The number of aliphatic carboxylic acids is 2. The Labute approximate surface area is 184 Å². The highest BCUT2D eigenvalue weighted by Crippen LogP contribution is 2.10. The van der Waals surface area contributed by atoms with Crippen molar-refractivity contribution in [3.63, 3.8) is 0 Å². The fourth-order valence-corrected chi connectivity index (χ4v) is 2.49. The van der Waals surface area contributed by atoms with Crippen molar-refractivity contribution in [2.45, 2.75) is 70.3 Å². The maximum absolute atomic E-state index is 12.8. The van der Waals surface area contributed by atoms with Crippen LogP contribution in [0.25, 0.3) is 0 Å². The van der Waals surface area contributed by atoms with E-state index in [4.69, 9.17) is 21.7 Å². The predicted molar refractivity (Wildman–Crippen MR) is 109 cm³/mol. The van der Waals surface area contributed by atoms with Crippen molar-refractivity contribution < 1.29 is 44.1 Å².